The molecule has 0 spiro atoms. The van der Waals surface area contributed by atoms with Gasteiger partial charge in [0.1, 0.15) is 12.2 Å². The van der Waals surface area contributed by atoms with Crippen LogP contribution in [0.1, 0.15) is 108 Å². The maximum absolute atomic E-state index is 11.5. The van der Waals surface area contributed by atoms with Crippen LogP contribution >= 0.6 is 0 Å². The van der Waals surface area contributed by atoms with Crippen molar-refractivity contribution in [2.24, 2.45) is 0 Å². The van der Waals surface area contributed by atoms with Crippen LogP contribution in [-0.2, 0) is 28.7 Å². The first-order valence-corrected chi connectivity index (χ1v) is 12.7. The van der Waals surface area contributed by atoms with E-state index in [9.17, 15) is 19.2 Å². The van der Waals surface area contributed by atoms with E-state index in [1.165, 1.54) is 6.92 Å². The highest BCUT2D eigenvalue weighted by Gasteiger charge is 2.21. The minimum absolute atomic E-state index is 0.00126. The first-order chi connectivity index (χ1) is 15.8. The number of carbonyl (C=O) groups is 4. The first-order valence-electron chi connectivity index (χ1n) is 12.7. The van der Waals surface area contributed by atoms with Crippen molar-refractivity contribution in [3.63, 3.8) is 0 Å². The molecular weight excluding hydrogens is 436 g/mol. The van der Waals surface area contributed by atoms with E-state index in [1.807, 2.05) is 41.5 Å². The highest BCUT2D eigenvalue weighted by Crippen LogP contribution is 2.06. The number of nitrogens with one attached hydrogen (secondary N) is 2. The predicted molar refractivity (Wildman–Crippen MR) is 136 cm³/mol. The van der Waals surface area contributed by atoms with Crippen molar-refractivity contribution in [2.45, 2.75) is 144 Å². The maximum Gasteiger partial charge on any atom is 0.220 e. The van der Waals surface area contributed by atoms with Gasteiger partial charge in [0.15, 0.2) is 11.6 Å². The van der Waals surface area contributed by atoms with Gasteiger partial charge in [-0.15, -0.1) is 0 Å². The number of hydrogen-bond acceptors (Lipinski definition) is 6. The molecule has 0 aliphatic rings. The van der Waals surface area contributed by atoms with Gasteiger partial charge in [-0.05, 0) is 61.3 Å². The third kappa shape index (κ3) is 16.8. The lowest BCUT2D eigenvalue weighted by Crippen LogP contribution is -2.43. The molecule has 0 aromatic carbocycles. The number of Topliss-reactive ketones (excluding diaryl/α,β-unsaturated/α-hetero) is 2. The molecule has 0 heterocycles. The Hall–Kier alpha value is -1.80. The van der Waals surface area contributed by atoms with Gasteiger partial charge >= 0.3 is 0 Å². The second-order valence-corrected chi connectivity index (χ2v) is 8.96. The fourth-order valence-electron chi connectivity index (χ4n) is 2.79. The topological polar surface area (TPSA) is 111 Å². The van der Waals surface area contributed by atoms with Crippen LogP contribution in [0.4, 0.5) is 0 Å². The maximum atomic E-state index is 11.5. The smallest absolute Gasteiger partial charge is 0.220 e. The van der Waals surface area contributed by atoms with Crippen LogP contribution in [0.5, 0.6) is 0 Å². The summed E-state index contributed by atoms with van der Waals surface area (Å²) in [6, 6.07) is -0.165. The normalized spacial score (nSPS) is 16.1. The van der Waals surface area contributed by atoms with E-state index in [4.69, 9.17) is 9.47 Å². The molecule has 0 aromatic rings. The van der Waals surface area contributed by atoms with Gasteiger partial charge in [-0.2, -0.15) is 0 Å². The molecule has 0 saturated carbocycles. The third-order valence-corrected chi connectivity index (χ3v) is 5.63. The fourth-order valence-corrected chi connectivity index (χ4v) is 2.79. The quantitative estimate of drug-likeness (QED) is 0.339. The Morgan fingerprint density at radius 3 is 1.50 bits per heavy atom. The van der Waals surface area contributed by atoms with Gasteiger partial charge in [-0.1, -0.05) is 27.2 Å². The van der Waals surface area contributed by atoms with Crippen molar-refractivity contribution in [2.75, 3.05) is 0 Å². The summed E-state index contributed by atoms with van der Waals surface area (Å²) in [6.45, 7) is 18.3. The van der Waals surface area contributed by atoms with Crippen molar-refractivity contribution in [3.05, 3.63) is 0 Å². The number of ketones is 2. The van der Waals surface area contributed by atoms with E-state index in [2.05, 4.69) is 17.6 Å². The lowest BCUT2D eigenvalue weighted by atomic mass is 10.1. The van der Waals surface area contributed by atoms with E-state index in [0.29, 0.717) is 19.3 Å². The van der Waals surface area contributed by atoms with Gasteiger partial charge < -0.3 is 20.1 Å². The molecule has 6 atom stereocenters. The highest BCUT2D eigenvalue weighted by atomic mass is 16.5. The summed E-state index contributed by atoms with van der Waals surface area (Å²) in [5.74, 6) is 0.167. The zero-order chi connectivity index (χ0) is 26.8. The van der Waals surface area contributed by atoms with Gasteiger partial charge in [0.05, 0.1) is 24.3 Å². The number of ether oxygens (including phenoxy) is 2. The Morgan fingerprint density at radius 2 is 1.12 bits per heavy atom. The molecule has 6 unspecified atom stereocenters. The summed E-state index contributed by atoms with van der Waals surface area (Å²) in [5, 5.41) is 5.75. The Bertz CT molecular complexity index is 610. The minimum atomic E-state index is -0.417. The summed E-state index contributed by atoms with van der Waals surface area (Å²) >= 11 is 0. The molecule has 0 rings (SSSR count). The summed E-state index contributed by atoms with van der Waals surface area (Å²) < 4.78 is 11.1. The third-order valence-electron chi connectivity index (χ3n) is 5.63. The largest absolute Gasteiger partial charge is 0.366 e. The summed E-state index contributed by atoms with van der Waals surface area (Å²) in [5.41, 5.74) is 0. The average Bonchev–Trinajstić information content (AvgIpc) is 2.77. The van der Waals surface area contributed by atoms with E-state index in [0.717, 1.165) is 19.3 Å². The number of hydrogen-bond donors (Lipinski definition) is 2. The second-order valence-electron chi connectivity index (χ2n) is 8.96. The zero-order valence-electron chi connectivity index (χ0n) is 23.2. The molecule has 200 valence electrons. The molecule has 8 heteroatoms. The van der Waals surface area contributed by atoms with Gasteiger partial charge in [-0.25, -0.2) is 0 Å². The number of carbonyl (C=O) groups excluding carboxylic acids is 4. The molecule has 0 radical (unpaired) electrons. The number of unbranched alkanes of at least 4 members (excludes halogenated alkanes) is 1. The van der Waals surface area contributed by atoms with E-state index in [1.54, 1.807) is 13.8 Å². The Labute approximate surface area is 207 Å². The Balaban J connectivity index is 0. The second kappa shape index (κ2) is 19.5. The number of amides is 2. The van der Waals surface area contributed by atoms with Crippen LogP contribution in [0.2, 0.25) is 0 Å². The summed E-state index contributed by atoms with van der Waals surface area (Å²) in [7, 11) is 0. The van der Waals surface area contributed by atoms with E-state index in [-0.39, 0.29) is 47.7 Å². The Kier molecular flexibility index (Phi) is 19.7. The van der Waals surface area contributed by atoms with Gasteiger partial charge in [0.25, 0.3) is 0 Å². The molecule has 0 aliphatic heterocycles. The molecule has 2 amide bonds. The lowest BCUT2D eigenvalue weighted by molar-refractivity contribution is -0.134. The molecule has 2 N–H and O–H groups in total. The van der Waals surface area contributed by atoms with Crippen molar-refractivity contribution in [1.29, 1.82) is 0 Å². The van der Waals surface area contributed by atoms with Crippen molar-refractivity contribution in [3.8, 4) is 0 Å². The monoisotopic (exact) mass is 486 g/mol. The van der Waals surface area contributed by atoms with Crippen LogP contribution in [0, 0.1) is 0 Å². The Morgan fingerprint density at radius 1 is 0.676 bits per heavy atom. The molecule has 8 nitrogen and oxygen atoms in total. The molecule has 34 heavy (non-hydrogen) atoms. The lowest BCUT2D eigenvalue weighted by Gasteiger charge is -2.24. The van der Waals surface area contributed by atoms with Crippen LogP contribution in [0.15, 0.2) is 0 Å². The summed E-state index contributed by atoms with van der Waals surface area (Å²) in [4.78, 5) is 45.3. The zero-order valence-corrected chi connectivity index (χ0v) is 23.2. The van der Waals surface area contributed by atoms with Crippen molar-refractivity contribution < 1.29 is 28.7 Å². The molecule has 0 aromatic heterocycles. The number of rotatable bonds is 16. The highest BCUT2D eigenvalue weighted by molar-refractivity contribution is 5.82. The van der Waals surface area contributed by atoms with Crippen molar-refractivity contribution >= 4 is 23.4 Å². The van der Waals surface area contributed by atoms with Crippen LogP contribution in [-0.4, -0.2) is 59.9 Å². The summed E-state index contributed by atoms with van der Waals surface area (Å²) in [6.07, 6.45) is 3.15. The average molecular weight is 487 g/mol. The molecule has 0 bridgehead atoms. The van der Waals surface area contributed by atoms with Crippen LogP contribution in [0.3, 0.4) is 0 Å². The van der Waals surface area contributed by atoms with Gasteiger partial charge in [0, 0.05) is 19.3 Å². The molecular formula is C26H50N2O6. The fraction of sp³-hybridized carbons (Fsp3) is 0.846. The molecule has 0 saturated heterocycles. The van der Waals surface area contributed by atoms with Crippen LogP contribution in [0.25, 0.3) is 0 Å². The SMILES string of the molecule is CCCC(=O)NC(C)C(C)OC(C)C(=O)CC.CCCCC(=O)NC(C)C(C)OC(C)C(C)=O. The minimum Gasteiger partial charge on any atom is -0.366 e. The van der Waals surface area contributed by atoms with E-state index >= 15 is 0 Å². The van der Waals surface area contributed by atoms with Gasteiger partial charge in [0.2, 0.25) is 11.8 Å². The standard InChI is InChI=1S/2C13H25NO3/c1-6-7-8-13(16)14-9(2)11(4)17-12(5)10(3)15;1-6-8-13(16)14-9(3)10(4)17-11(5)12(15)7-2/h9,11-12H,6-8H2,1-5H3,(H,14,16);9-11H,6-8H2,1-5H3,(H,14,16). The first kappa shape index (κ1) is 34.4. The molecule has 0 fully saturated rings. The predicted octanol–water partition coefficient (Wildman–Crippen LogP) is 4.13. The molecule has 0 aliphatic carbocycles. The van der Waals surface area contributed by atoms with Crippen LogP contribution < -0.4 is 10.6 Å². The van der Waals surface area contributed by atoms with Crippen molar-refractivity contribution in [1.82, 2.24) is 10.6 Å². The van der Waals surface area contributed by atoms with Gasteiger partial charge in [-0.3, -0.25) is 19.2 Å². The van der Waals surface area contributed by atoms with E-state index < -0.39 is 12.2 Å².